The molecule has 2 fully saturated rings. The third-order valence-corrected chi connectivity index (χ3v) is 8.63. The zero-order chi connectivity index (χ0) is 17.3. The summed E-state index contributed by atoms with van der Waals surface area (Å²) in [6.07, 6.45) is 13.1. The zero-order valence-corrected chi connectivity index (χ0v) is 17.3. The molecule has 0 saturated heterocycles. The quantitative estimate of drug-likeness (QED) is 0.345. The Bertz CT molecular complexity index is 360. The first kappa shape index (κ1) is 19.3. The Morgan fingerprint density at radius 1 is 0.957 bits per heavy atom. The predicted molar refractivity (Wildman–Crippen MR) is 104 cm³/mol. The summed E-state index contributed by atoms with van der Waals surface area (Å²) in [6, 6.07) is 0. The number of rotatable bonds is 12. The molecule has 0 N–H and O–H groups in total. The predicted octanol–water partition coefficient (Wildman–Crippen LogP) is 7.72. The van der Waals surface area contributed by atoms with Crippen molar-refractivity contribution >= 4 is 0 Å². The molecule has 0 aromatic heterocycles. The van der Waals surface area contributed by atoms with Crippen LogP contribution in [0.2, 0.25) is 0 Å². The molecular weight excluding hydrogens is 276 g/mol. The molecule has 0 radical (unpaired) electrons. The molecule has 23 heavy (non-hydrogen) atoms. The van der Waals surface area contributed by atoms with Gasteiger partial charge >= 0.3 is 0 Å². The van der Waals surface area contributed by atoms with Crippen LogP contribution in [0.5, 0.6) is 0 Å². The second kappa shape index (κ2) is 7.49. The second-order valence-electron chi connectivity index (χ2n) is 10.0. The van der Waals surface area contributed by atoms with Crippen LogP contribution in [0, 0.1) is 40.4 Å². The van der Waals surface area contributed by atoms with Crippen LogP contribution in [-0.2, 0) is 0 Å². The fourth-order valence-corrected chi connectivity index (χ4v) is 5.07. The fourth-order valence-electron chi connectivity index (χ4n) is 5.07. The van der Waals surface area contributed by atoms with Gasteiger partial charge in [-0.15, -0.1) is 0 Å². The maximum Gasteiger partial charge on any atom is -0.0298 e. The van der Waals surface area contributed by atoms with Crippen molar-refractivity contribution in [1.29, 1.82) is 0 Å². The molecule has 0 nitrogen and oxygen atoms in total. The summed E-state index contributed by atoms with van der Waals surface area (Å²) < 4.78 is 0. The van der Waals surface area contributed by atoms with Crippen molar-refractivity contribution in [2.45, 2.75) is 106 Å². The molecule has 136 valence electrons. The lowest BCUT2D eigenvalue weighted by Gasteiger charge is -2.44. The maximum absolute atomic E-state index is 2.56. The van der Waals surface area contributed by atoms with Crippen LogP contribution in [0.3, 0.4) is 0 Å². The topological polar surface area (TPSA) is 0 Å². The van der Waals surface area contributed by atoms with Gasteiger partial charge in [0.2, 0.25) is 0 Å². The lowest BCUT2D eigenvalue weighted by atomic mass is 9.61. The molecule has 0 aliphatic heterocycles. The number of hydrogen-bond donors (Lipinski definition) is 0. The average molecular weight is 321 g/mol. The van der Waals surface area contributed by atoms with Crippen LogP contribution >= 0.6 is 0 Å². The van der Waals surface area contributed by atoms with E-state index in [-0.39, 0.29) is 0 Å². The Hall–Kier alpha value is 0. The molecule has 0 heteroatoms. The van der Waals surface area contributed by atoms with Gasteiger partial charge in [0.05, 0.1) is 0 Å². The lowest BCUT2D eigenvalue weighted by Crippen LogP contribution is -2.35. The van der Waals surface area contributed by atoms with Gasteiger partial charge in [-0.3, -0.25) is 0 Å². The molecular formula is C23H44. The third-order valence-electron chi connectivity index (χ3n) is 8.63. The molecule has 2 aliphatic carbocycles. The Labute approximate surface area is 147 Å². The molecule has 2 saturated carbocycles. The highest BCUT2D eigenvalue weighted by Gasteiger charge is 2.62. The molecule has 0 spiro atoms. The van der Waals surface area contributed by atoms with Gasteiger partial charge in [0.15, 0.2) is 0 Å². The van der Waals surface area contributed by atoms with Crippen molar-refractivity contribution in [3.63, 3.8) is 0 Å². The van der Waals surface area contributed by atoms with Gasteiger partial charge in [0, 0.05) is 0 Å². The van der Waals surface area contributed by atoms with Crippen molar-refractivity contribution in [1.82, 2.24) is 0 Å². The van der Waals surface area contributed by atoms with Crippen molar-refractivity contribution in [2.24, 2.45) is 40.4 Å². The van der Waals surface area contributed by atoms with E-state index in [2.05, 4.69) is 48.5 Å². The molecule has 2 rings (SSSR count). The number of fused-ring (bicyclic) bond motifs is 1. The Morgan fingerprint density at radius 2 is 1.61 bits per heavy atom. The fraction of sp³-hybridized carbons (Fsp3) is 1.00. The van der Waals surface area contributed by atoms with Crippen LogP contribution in [0.25, 0.3) is 0 Å². The van der Waals surface area contributed by atoms with E-state index in [1.807, 2.05) is 0 Å². The van der Waals surface area contributed by atoms with Crippen molar-refractivity contribution < 1.29 is 0 Å². The van der Waals surface area contributed by atoms with Gasteiger partial charge in [-0.05, 0) is 59.7 Å². The largest absolute Gasteiger partial charge is 0.0651 e. The summed E-state index contributed by atoms with van der Waals surface area (Å²) in [6.45, 7) is 17.2. The van der Waals surface area contributed by atoms with Gasteiger partial charge in [-0.1, -0.05) is 87.0 Å². The molecule has 5 unspecified atom stereocenters. The normalized spacial score (nSPS) is 31.2. The summed E-state index contributed by atoms with van der Waals surface area (Å²) in [5.41, 5.74) is 0.998. The monoisotopic (exact) mass is 320 g/mol. The van der Waals surface area contributed by atoms with E-state index in [4.69, 9.17) is 0 Å². The summed E-state index contributed by atoms with van der Waals surface area (Å²) in [5.74, 6) is 5.39. The SMILES string of the molecule is CCC(CCCC(C)(CC)C(C)C(C)(C)CC)CCC1C2CC12. The van der Waals surface area contributed by atoms with Crippen LogP contribution in [0.1, 0.15) is 106 Å². The van der Waals surface area contributed by atoms with E-state index >= 15 is 0 Å². The molecule has 0 aromatic rings. The molecule has 0 bridgehead atoms. The van der Waals surface area contributed by atoms with Gasteiger partial charge in [-0.2, -0.15) is 0 Å². The van der Waals surface area contributed by atoms with Gasteiger partial charge in [0.1, 0.15) is 0 Å². The van der Waals surface area contributed by atoms with Crippen molar-refractivity contribution in [2.75, 3.05) is 0 Å². The van der Waals surface area contributed by atoms with Crippen LogP contribution in [0.4, 0.5) is 0 Å². The average Bonchev–Trinajstić information content (AvgIpc) is 3.44. The minimum atomic E-state index is 0.474. The first-order valence-corrected chi connectivity index (χ1v) is 10.8. The van der Waals surface area contributed by atoms with E-state index in [9.17, 15) is 0 Å². The molecule has 2 aliphatic rings. The lowest BCUT2D eigenvalue weighted by molar-refractivity contribution is 0.0543. The molecule has 0 amide bonds. The highest BCUT2D eigenvalue weighted by Crippen LogP contribution is 2.70. The van der Waals surface area contributed by atoms with E-state index in [1.54, 1.807) is 12.8 Å². The van der Waals surface area contributed by atoms with Crippen molar-refractivity contribution in [3.05, 3.63) is 0 Å². The third kappa shape index (κ3) is 4.55. The van der Waals surface area contributed by atoms with E-state index in [0.717, 1.165) is 11.8 Å². The van der Waals surface area contributed by atoms with Gasteiger partial charge in [0.25, 0.3) is 0 Å². The van der Waals surface area contributed by atoms with Crippen LogP contribution in [-0.4, -0.2) is 0 Å². The summed E-state index contributed by atoms with van der Waals surface area (Å²) in [5, 5.41) is 0. The van der Waals surface area contributed by atoms with E-state index < -0.39 is 0 Å². The summed E-state index contributed by atoms with van der Waals surface area (Å²) in [4.78, 5) is 0. The van der Waals surface area contributed by atoms with Gasteiger partial charge < -0.3 is 0 Å². The minimum absolute atomic E-state index is 0.474. The standard InChI is InChI=1S/C23H44/c1-8-18(13-14-19-20-16-21(19)20)12-11-15-23(7,10-3)17(4)22(5,6)9-2/h17-21H,8-16H2,1-7H3. The summed E-state index contributed by atoms with van der Waals surface area (Å²) >= 11 is 0. The first-order chi connectivity index (χ1) is 10.8. The highest BCUT2D eigenvalue weighted by molar-refractivity contribution is 5.11. The Balaban J connectivity index is 1.73. The van der Waals surface area contributed by atoms with E-state index in [0.29, 0.717) is 10.8 Å². The minimum Gasteiger partial charge on any atom is -0.0651 e. The maximum atomic E-state index is 2.56. The van der Waals surface area contributed by atoms with Crippen LogP contribution in [0.15, 0.2) is 0 Å². The van der Waals surface area contributed by atoms with E-state index in [1.165, 1.54) is 62.7 Å². The number of hydrogen-bond acceptors (Lipinski definition) is 0. The van der Waals surface area contributed by atoms with Crippen molar-refractivity contribution in [3.8, 4) is 0 Å². The Kier molecular flexibility index (Phi) is 6.29. The first-order valence-electron chi connectivity index (χ1n) is 10.8. The zero-order valence-electron chi connectivity index (χ0n) is 17.3. The smallest absolute Gasteiger partial charge is 0.0298 e. The highest BCUT2D eigenvalue weighted by atomic mass is 14.7. The van der Waals surface area contributed by atoms with Gasteiger partial charge in [-0.25, -0.2) is 0 Å². The molecule has 5 atom stereocenters. The van der Waals surface area contributed by atoms with Crippen LogP contribution < -0.4 is 0 Å². The summed E-state index contributed by atoms with van der Waals surface area (Å²) in [7, 11) is 0. The molecule has 0 aromatic carbocycles. The molecule has 0 heterocycles. The second-order valence-corrected chi connectivity index (χ2v) is 10.0. The Morgan fingerprint density at radius 3 is 2.04 bits per heavy atom.